The van der Waals surface area contributed by atoms with Crippen LogP contribution in [0.2, 0.25) is 10.3 Å². The lowest BCUT2D eigenvalue weighted by Crippen LogP contribution is -2.32. The van der Waals surface area contributed by atoms with E-state index >= 15 is 0 Å². The number of carbonyl (C=O) groups excluding carboxylic acids is 1. The molecule has 0 radical (unpaired) electrons. The third-order valence-corrected chi connectivity index (χ3v) is 6.71. The van der Waals surface area contributed by atoms with Gasteiger partial charge in [0.2, 0.25) is 0 Å². The molecule has 35 heavy (non-hydrogen) atoms. The van der Waals surface area contributed by atoms with E-state index in [1.807, 2.05) is 30.3 Å². The molecule has 4 rings (SSSR count). The Kier molecular flexibility index (Phi) is 8.51. The minimum absolute atomic E-state index is 0.0489. The minimum Gasteiger partial charge on any atom is -0.392 e. The zero-order chi connectivity index (χ0) is 25.2. The molecule has 0 saturated carbocycles. The Hall–Kier alpha value is -1.55. The molecular weight excluding hydrogens is 560 g/mol. The number of aliphatic hydroxyl groups excluding tert-OH is 1. The van der Waals surface area contributed by atoms with Crippen molar-refractivity contribution in [3.8, 4) is 0 Å². The third kappa shape index (κ3) is 6.61. The van der Waals surface area contributed by atoms with E-state index in [1.165, 1.54) is 0 Å². The van der Waals surface area contributed by atoms with Crippen LogP contribution in [-0.4, -0.2) is 30.5 Å². The standard InChI is InChI=1S/C23H20Cl5N3O4/c24-19-20(25)31(12-29-19)10-17-9-18(14-6-4-13(11-32)5-7-14)35-21(34-17)15-2-1-3-16(8-15)30-22(33)23(26,27)28/h1-8,12,17-18,21,32H,9-11H2,(H,30,33)/t17-,18+,21+/m0/s1. The molecule has 0 bridgehead atoms. The van der Waals surface area contributed by atoms with Gasteiger partial charge in [-0.25, -0.2) is 4.98 Å². The molecule has 1 fully saturated rings. The zero-order valence-corrected chi connectivity index (χ0v) is 21.8. The van der Waals surface area contributed by atoms with Crippen LogP contribution in [0.3, 0.4) is 0 Å². The van der Waals surface area contributed by atoms with Crippen molar-refractivity contribution in [2.24, 2.45) is 0 Å². The number of aliphatic hydroxyl groups is 1. The van der Waals surface area contributed by atoms with Crippen molar-refractivity contribution in [3.05, 3.63) is 81.9 Å². The largest absolute Gasteiger partial charge is 0.392 e. The van der Waals surface area contributed by atoms with Crippen LogP contribution < -0.4 is 5.32 Å². The third-order valence-electron chi connectivity index (χ3n) is 5.42. The van der Waals surface area contributed by atoms with Crippen LogP contribution in [0.5, 0.6) is 0 Å². The van der Waals surface area contributed by atoms with Gasteiger partial charge in [-0.15, -0.1) is 0 Å². The average molecular weight is 580 g/mol. The molecule has 1 aliphatic heterocycles. The van der Waals surface area contributed by atoms with Gasteiger partial charge in [0, 0.05) is 17.7 Å². The van der Waals surface area contributed by atoms with Crippen LogP contribution >= 0.6 is 58.0 Å². The first-order chi connectivity index (χ1) is 16.6. The first-order valence-electron chi connectivity index (χ1n) is 10.5. The Morgan fingerprint density at radius 1 is 1.11 bits per heavy atom. The van der Waals surface area contributed by atoms with Gasteiger partial charge in [0.05, 0.1) is 31.7 Å². The molecule has 3 aromatic rings. The second kappa shape index (κ2) is 11.2. The summed E-state index contributed by atoms with van der Waals surface area (Å²) >= 11 is 29.3. The van der Waals surface area contributed by atoms with Gasteiger partial charge in [0.15, 0.2) is 11.4 Å². The summed E-state index contributed by atoms with van der Waals surface area (Å²) in [6.45, 7) is 0.347. The number of hydrogen-bond acceptors (Lipinski definition) is 5. The lowest BCUT2D eigenvalue weighted by molar-refractivity contribution is -0.252. The van der Waals surface area contributed by atoms with Crippen molar-refractivity contribution in [2.75, 3.05) is 5.32 Å². The highest BCUT2D eigenvalue weighted by atomic mass is 35.6. The number of alkyl halides is 3. The van der Waals surface area contributed by atoms with Crippen molar-refractivity contribution in [1.29, 1.82) is 0 Å². The maximum atomic E-state index is 12.1. The number of amides is 1. The van der Waals surface area contributed by atoms with Gasteiger partial charge in [-0.05, 0) is 23.3 Å². The molecular formula is C23H20Cl5N3O4. The molecule has 2 heterocycles. The summed E-state index contributed by atoms with van der Waals surface area (Å²) in [7, 11) is 0. The Labute approximate surface area is 226 Å². The first-order valence-corrected chi connectivity index (χ1v) is 12.4. The second-order valence-corrected chi connectivity index (χ2v) is 10.9. The fourth-order valence-corrected chi connectivity index (χ4v) is 4.14. The predicted molar refractivity (Wildman–Crippen MR) is 136 cm³/mol. The summed E-state index contributed by atoms with van der Waals surface area (Å²) in [5.41, 5.74) is 2.80. The van der Waals surface area contributed by atoms with Crippen LogP contribution in [0, 0.1) is 0 Å². The molecule has 0 spiro atoms. The van der Waals surface area contributed by atoms with Crippen molar-refractivity contribution in [3.63, 3.8) is 0 Å². The number of imidazole rings is 1. The van der Waals surface area contributed by atoms with Crippen LogP contribution in [-0.2, 0) is 27.4 Å². The van der Waals surface area contributed by atoms with Gasteiger partial charge in [-0.2, -0.15) is 0 Å². The number of anilines is 1. The van der Waals surface area contributed by atoms with E-state index in [4.69, 9.17) is 67.5 Å². The summed E-state index contributed by atoms with van der Waals surface area (Å²) in [5, 5.41) is 12.5. The number of nitrogens with zero attached hydrogens (tertiary/aromatic N) is 2. The van der Waals surface area contributed by atoms with E-state index in [9.17, 15) is 9.90 Å². The van der Waals surface area contributed by atoms with E-state index in [0.29, 0.717) is 29.4 Å². The molecule has 3 atom stereocenters. The monoisotopic (exact) mass is 577 g/mol. The van der Waals surface area contributed by atoms with E-state index in [-0.39, 0.29) is 24.0 Å². The van der Waals surface area contributed by atoms with Crippen molar-refractivity contribution < 1.29 is 19.4 Å². The van der Waals surface area contributed by atoms with E-state index in [0.717, 1.165) is 11.1 Å². The summed E-state index contributed by atoms with van der Waals surface area (Å²) in [6, 6.07) is 14.4. The molecule has 2 N–H and O–H groups in total. The highest BCUT2D eigenvalue weighted by molar-refractivity contribution is 6.76. The van der Waals surface area contributed by atoms with E-state index in [1.54, 1.807) is 29.1 Å². The zero-order valence-electron chi connectivity index (χ0n) is 18.0. The Balaban J connectivity index is 1.60. The van der Waals surface area contributed by atoms with Crippen molar-refractivity contribution in [1.82, 2.24) is 9.55 Å². The summed E-state index contributed by atoms with van der Waals surface area (Å²) < 4.78 is 12.2. The number of halogens is 5. The quantitative estimate of drug-likeness (QED) is 0.338. The summed E-state index contributed by atoms with van der Waals surface area (Å²) in [6.07, 6.45) is 0.696. The topological polar surface area (TPSA) is 85.6 Å². The number of rotatable bonds is 6. The molecule has 1 aliphatic rings. The van der Waals surface area contributed by atoms with Crippen LogP contribution in [0.1, 0.15) is 35.5 Å². The smallest absolute Gasteiger partial charge is 0.276 e. The Bertz CT molecular complexity index is 1180. The molecule has 1 saturated heterocycles. The molecule has 1 aromatic heterocycles. The summed E-state index contributed by atoms with van der Waals surface area (Å²) in [4.78, 5) is 16.1. The molecule has 2 aromatic carbocycles. The first kappa shape index (κ1) is 26.5. The number of hydrogen-bond donors (Lipinski definition) is 2. The number of ether oxygens (including phenoxy) is 2. The van der Waals surface area contributed by atoms with E-state index in [2.05, 4.69) is 10.3 Å². The van der Waals surface area contributed by atoms with Gasteiger partial charge >= 0.3 is 0 Å². The van der Waals surface area contributed by atoms with E-state index < -0.39 is 16.0 Å². The minimum atomic E-state index is -2.10. The Morgan fingerprint density at radius 3 is 2.49 bits per heavy atom. The van der Waals surface area contributed by atoms with Crippen LogP contribution in [0.25, 0.3) is 0 Å². The van der Waals surface area contributed by atoms with Gasteiger partial charge in [0.25, 0.3) is 9.70 Å². The fourth-order valence-electron chi connectivity index (χ4n) is 3.69. The molecule has 0 unspecified atom stereocenters. The highest BCUT2D eigenvalue weighted by Crippen LogP contribution is 2.39. The molecule has 12 heteroatoms. The van der Waals surface area contributed by atoms with Crippen LogP contribution in [0.4, 0.5) is 5.69 Å². The van der Waals surface area contributed by atoms with Crippen molar-refractivity contribution in [2.45, 2.75) is 41.9 Å². The molecule has 1 amide bonds. The van der Waals surface area contributed by atoms with Gasteiger partial charge in [-0.3, -0.25) is 4.79 Å². The number of aromatic nitrogens is 2. The van der Waals surface area contributed by atoms with Gasteiger partial charge in [0.1, 0.15) is 5.15 Å². The Morgan fingerprint density at radius 2 is 1.86 bits per heavy atom. The molecule has 186 valence electrons. The fraction of sp³-hybridized carbons (Fsp3) is 0.304. The molecule has 0 aliphatic carbocycles. The summed E-state index contributed by atoms with van der Waals surface area (Å²) in [5.74, 6) is -0.781. The lowest BCUT2D eigenvalue weighted by Gasteiger charge is -2.36. The molecule has 7 nitrogen and oxygen atoms in total. The number of carbonyl (C=O) groups is 1. The number of benzene rings is 2. The van der Waals surface area contributed by atoms with Gasteiger partial charge in [-0.1, -0.05) is 94.4 Å². The average Bonchev–Trinajstić information content (AvgIpc) is 3.15. The number of nitrogens with one attached hydrogen (secondary N) is 1. The SMILES string of the molecule is O=C(Nc1cccc([C@@H]2O[C@H](Cn3cnc(Cl)c3Cl)C[C@H](c3ccc(CO)cc3)O2)c1)C(Cl)(Cl)Cl. The normalized spacial score (nSPS) is 20.6. The lowest BCUT2D eigenvalue weighted by atomic mass is 10.00. The maximum absolute atomic E-state index is 12.1. The predicted octanol–water partition coefficient (Wildman–Crippen LogP) is 6.24. The second-order valence-electron chi connectivity index (χ2n) is 7.91. The highest BCUT2D eigenvalue weighted by Gasteiger charge is 2.34. The maximum Gasteiger partial charge on any atom is 0.276 e. The van der Waals surface area contributed by atoms with Crippen molar-refractivity contribution >= 4 is 69.6 Å². The van der Waals surface area contributed by atoms with Crippen LogP contribution in [0.15, 0.2) is 54.9 Å². The van der Waals surface area contributed by atoms with Gasteiger partial charge < -0.3 is 24.5 Å².